The summed E-state index contributed by atoms with van der Waals surface area (Å²) in [5.41, 5.74) is 0.182. The first-order chi connectivity index (χ1) is 16.0. The second kappa shape index (κ2) is 10.3. The van der Waals surface area contributed by atoms with E-state index in [4.69, 9.17) is 27.9 Å². The molecule has 12 heteroatoms. The van der Waals surface area contributed by atoms with Gasteiger partial charge in [-0.15, -0.1) is 0 Å². The van der Waals surface area contributed by atoms with E-state index in [1.54, 1.807) is 0 Å². The highest BCUT2D eigenvalue weighted by Crippen LogP contribution is 2.40. The van der Waals surface area contributed by atoms with Gasteiger partial charge in [-0.3, -0.25) is 9.59 Å². The normalized spacial score (nSPS) is 11.1. The molecule has 0 spiro atoms. The molecule has 34 heavy (non-hydrogen) atoms. The van der Waals surface area contributed by atoms with Crippen LogP contribution >= 0.6 is 23.2 Å². The standard InChI is InChI=1S/C22H16Cl2FNO7S/c1-32-21(29)11-20(28)26-13-8-16(23)22(17(24)9-13)33-14-4-7-18(27)19(10-14)34(30,31)15-5-2-12(25)3-6-15/h2-10,27H,11H2,1H3,(H,26,28). The lowest BCUT2D eigenvalue weighted by atomic mass is 10.2. The number of phenolic OH excluding ortho intramolecular Hbond substituents is 1. The number of halogens is 3. The number of amides is 1. The van der Waals surface area contributed by atoms with E-state index < -0.39 is 44.6 Å². The van der Waals surface area contributed by atoms with Gasteiger partial charge in [-0.05, 0) is 48.5 Å². The van der Waals surface area contributed by atoms with Crippen molar-refractivity contribution < 1.29 is 37.0 Å². The molecule has 0 heterocycles. The van der Waals surface area contributed by atoms with E-state index in [2.05, 4.69) is 10.1 Å². The van der Waals surface area contributed by atoms with Crippen molar-refractivity contribution in [3.63, 3.8) is 0 Å². The Bertz CT molecular complexity index is 1340. The first-order valence-electron chi connectivity index (χ1n) is 9.38. The van der Waals surface area contributed by atoms with Crippen molar-refractivity contribution in [3.05, 3.63) is 70.5 Å². The van der Waals surface area contributed by atoms with Crippen LogP contribution in [0.25, 0.3) is 0 Å². The van der Waals surface area contributed by atoms with E-state index in [0.29, 0.717) is 0 Å². The Labute approximate surface area is 203 Å². The molecule has 0 radical (unpaired) electrons. The van der Waals surface area contributed by atoms with Crippen molar-refractivity contribution >= 4 is 50.6 Å². The van der Waals surface area contributed by atoms with Crippen LogP contribution in [0.1, 0.15) is 6.42 Å². The van der Waals surface area contributed by atoms with E-state index in [1.807, 2.05) is 0 Å². The third kappa shape index (κ3) is 5.77. The van der Waals surface area contributed by atoms with Gasteiger partial charge >= 0.3 is 5.97 Å². The van der Waals surface area contributed by atoms with Crippen LogP contribution in [-0.2, 0) is 24.2 Å². The van der Waals surface area contributed by atoms with Gasteiger partial charge in [-0.2, -0.15) is 0 Å². The molecule has 0 aliphatic heterocycles. The summed E-state index contributed by atoms with van der Waals surface area (Å²) in [7, 11) is -3.05. The van der Waals surface area contributed by atoms with Gasteiger partial charge in [0.25, 0.3) is 0 Å². The van der Waals surface area contributed by atoms with Crippen LogP contribution in [-0.4, -0.2) is 32.5 Å². The number of carbonyl (C=O) groups excluding carboxylic acids is 2. The molecule has 1 amide bonds. The number of aromatic hydroxyl groups is 1. The number of sulfone groups is 1. The Morgan fingerprint density at radius 1 is 1.03 bits per heavy atom. The average molecular weight is 528 g/mol. The lowest BCUT2D eigenvalue weighted by molar-refractivity contribution is -0.142. The molecule has 178 valence electrons. The zero-order valence-corrected chi connectivity index (χ0v) is 19.7. The number of nitrogens with one attached hydrogen (secondary N) is 1. The number of ether oxygens (including phenoxy) is 2. The number of esters is 1. The van der Waals surface area contributed by atoms with Crippen LogP contribution in [0.15, 0.2) is 64.4 Å². The Morgan fingerprint density at radius 3 is 2.24 bits per heavy atom. The maximum absolute atomic E-state index is 13.2. The molecule has 3 rings (SSSR count). The number of hydrogen-bond acceptors (Lipinski definition) is 7. The number of anilines is 1. The van der Waals surface area contributed by atoms with Crippen molar-refractivity contribution in [2.45, 2.75) is 16.2 Å². The molecule has 0 unspecified atom stereocenters. The zero-order chi connectivity index (χ0) is 25.0. The molecule has 0 fully saturated rings. The minimum Gasteiger partial charge on any atom is -0.507 e. The van der Waals surface area contributed by atoms with Crippen LogP contribution in [0.4, 0.5) is 10.1 Å². The predicted octanol–water partition coefficient (Wildman–Crippen LogP) is 4.96. The fourth-order valence-electron chi connectivity index (χ4n) is 2.77. The third-order valence-corrected chi connectivity index (χ3v) is 6.74. The molecule has 8 nitrogen and oxygen atoms in total. The summed E-state index contributed by atoms with van der Waals surface area (Å²) in [4.78, 5) is 22.3. The summed E-state index contributed by atoms with van der Waals surface area (Å²) in [6.07, 6.45) is -0.511. The molecule has 2 N–H and O–H groups in total. The maximum Gasteiger partial charge on any atom is 0.315 e. The predicted molar refractivity (Wildman–Crippen MR) is 122 cm³/mol. The molecule has 3 aromatic rings. The third-order valence-electron chi connectivity index (χ3n) is 4.38. The Kier molecular flexibility index (Phi) is 7.65. The summed E-state index contributed by atoms with van der Waals surface area (Å²) < 4.78 is 49.0. The van der Waals surface area contributed by atoms with E-state index in [1.165, 1.54) is 18.2 Å². The van der Waals surface area contributed by atoms with Crippen molar-refractivity contribution in [2.75, 3.05) is 12.4 Å². The first kappa shape index (κ1) is 25.3. The van der Waals surface area contributed by atoms with Crippen LogP contribution in [0.2, 0.25) is 10.0 Å². The Hall–Kier alpha value is -3.34. The van der Waals surface area contributed by atoms with E-state index in [9.17, 15) is 27.5 Å². The number of carbonyl (C=O) groups is 2. The largest absolute Gasteiger partial charge is 0.507 e. The second-order valence-corrected chi connectivity index (χ2v) is 9.49. The zero-order valence-electron chi connectivity index (χ0n) is 17.3. The number of phenols is 1. The van der Waals surface area contributed by atoms with Crippen molar-refractivity contribution in [1.82, 2.24) is 0 Å². The van der Waals surface area contributed by atoms with Crippen LogP contribution in [0, 0.1) is 5.82 Å². The summed E-state index contributed by atoms with van der Waals surface area (Å²) in [5, 5.41) is 12.5. The van der Waals surface area contributed by atoms with Gasteiger partial charge in [0, 0.05) is 11.8 Å². The van der Waals surface area contributed by atoms with Crippen molar-refractivity contribution in [2.24, 2.45) is 0 Å². The number of rotatable bonds is 7. The summed E-state index contributed by atoms with van der Waals surface area (Å²) in [6, 6.07) is 10.2. The smallest absolute Gasteiger partial charge is 0.315 e. The first-order valence-corrected chi connectivity index (χ1v) is 11.6. The van der Waals surface area contributed by atoms with E-state index in [-0.39, 0.29) is 32.1 Å². The highest BCUT2D eigenvalue weighted by Gasteiger charge is 2.23. The lowest BCUT2D eigenvalue weighted by Crippen LogP contribution is -2.17. The van der Waals surface area contributed by atoms with Gasteiger partial charge in [0.2, 0.25) is 15.7 Å². The number of methoxy groups -OCH3 is 1. The maximum atomic E-state index is 13.2. The molecule has 0 atom stereocenters. The van der Waals surface area contributed by atoms with Gasteiger partial charge in [0.15, 0.2) is 5.75 Å². The molecule has 0 saturated heterocycles. The van der Waals surface area contributed by atoms with Gasteiger partial charge in [-0.25, -0.2) is 12.8 Å². The quantitative estimate of drug-likeness (QED) is 0.253. The molecule has 3 aromatic carbocycles. The van der Waals surface area contributed by atoms with Crippen LogP contribution in [0.5, 0.6) is 17.2 Å². The van der Waals surface area contributed by atoms with Crippen molar-refractivity contribution in [3.8, 4) is 17.2 Å². The molecular weight excluding hydrogens is 512 g/mol. The monoisotopic (exact) mass is 527 g/mol. The highest BCUT2D eigenvalue weighted by molar-refractivity contribution is 7.91. The fraction of sp³-hybridized carbons (Fsp3) is 0.0909. The topological polar surface area (TPSA) is 119 Å². The Balaban J connectivity index is 1.88. The van der Waals surface area contributed by atoms with Gasteiger partial charge < -0.3 is 19.9 Å². The minimum absolute atomic E-state index is 0.0234. The molecule has 0 aliphatic rings. The molecule has 0 saturated carbocycles. The van der Waals surface area contributed by atoms with Crippen LogP contribution in [0.3, 0.4) is 0 Å². The molecule has 0 bridgehead atoms. The fourth-order valence-corrected chi connectivity index (χ4v) is 4.70. The highest BCUT2D eigenvalue weighted by atomic mass is 35.5. The van der Waals surface area contributed by atoms with Gasteiger partial charge in [-0.1, -0.05) is 23.2 Å². The van der Waals surface area contributed by atoms with Gasteiger partial charge in [0.1, 0.15) is 28.6 Å². The minimum atomic E-state index is -4.20. The molecule has 0 aliphatic carbocycles. The van der Waals surface area contributed by atoms with E-state index >= 15 is 0 Å². The summed E-state index contributed by atoms with van der Waals surface area (Å²) >= 11 is 12.4. The summed E-state index contributed by atoms with van der Waals surface area (Å²) in [5.74, 6) is -2.61. The molecular formula is C22H16Cl2FNO7S. The van der Waals surface area contributed by atoms with Crippen molar-refractivity contribution in [1.29, 1.82) is 0 Å². The van der Waals surface area contributed by atoms with Crippen LogP contribution < -0.4 is 10.1 Å². The number of benzene rings is 3. The second-order valence-electron chi connectivity index (χ2n) is 6.76. The van der Waals surface area contributed by atoms with E-state index in [0.717, 1.165) is 43.5 Å². The number of hydrogen-bond donors (Lipinski definition) is 2. The lowest BCUT2D eigenvalue weighted by Gasteiger charge is -2.14. The molecule has 0 aromatic heterocycles. The summed E-state index contributed by atoms with van der Waals surface area (Å²) in [6.45, 7) is 0. The SMILES string of the molecule is COC(=O)CC(=O)Nc1cc(Cl)c(Oc2ccc(O)c(S(=O)(=O)c3ccc(F)cc3)c2)c(Cl)c1. The van der Waals surface area contributed by atoms with Gasteiger partial charge in [0.05, 0.1) is 22.1 Å². The Morgan fingerprint density at radius 2 is 1.65 bits per heavy atom. The average Bonchev–Trinajstić information content (AvgIpc) is 2.77.